The number of anilines is 1. The molecule has 2 amide bonds. The summed E-state index contributed by atoms with van der Waals surface area (Å²) in [4.78, 5) is 27.8. The van der Waals surface area contributed by atoms with Gasteiger partial charge in [0, 0.05) is 28.2 Å². The molecule has 0 unspecified atom stereocenters. The maximum atomic E-state index is 13.5. The Bertz CT molecular complexity index is 1090. The predicted molar refractivity (Wildman–Crippen MR) is 138 cm³/mol. The number of hydrogen-bond donors (Lipinski definition) is 1. The summed E-state index contributed by atoms with van der Waals surface area (Å²) < 4.78 is 26.1. The number of carbonyl (C=O) groups is 2. The molecule has 0 saturated carbocycles. The van der Waals surface area contributed by atoms with E-state index in [1.165, 1.54) is 23.1 Å². The molecular formula is C23H28Cl3N3O4S. The van der Waals surface area contributed by atoms with E-state index in [0.29, 0.717) is 18.0 Å². The molecule has 0 aliphatic rings. The van der Waals surface area contributed by atoms with Gasteiger partial charge >= 0.3 is 0 Å². The Labute approximate surface area is 216 Å². The van der Waals surface area contributed by atoms with Gasteiger partial charge in [0.05, 0.1) is 11.9 Å². The summed E-state index contributed by atoms with van der Waals surface area (Å²) in [6, 6.07) is 10.4. The smallest absolute Gasteiger partial charge is 0.244 e. The number of nitrogens with zero attached hydrogens (tertiary/aromatic N) is 2. The van der Waals surface area contributed by atoms with Crippen LogP contribution in [0, 0.1) is 0 Å². The number of sulfonamides is 1. The largest absolute Gasteiger partial charge is 0.354 e. The van der Waals surface area contributed by atoms with Crippen molar-refractivity contribution in [1.82, 2.24) is 10.2 Å². The molecule has 34 heavy (non-hydrogen) atoms. The third-order valence-electron chi connectivity index (χ3n) is 5.02. The van der Waals surface area contributed by atoms with E-state index < -0.39 is 28.5 Å². The van der Waals surface area contributed by atoms with E-state index in [0.717, 1.165) is 22.5 Å². The van der Waals surface area contributed by atoms with Crippen LogP contribution in [-0.4, -0.2) is 50.5 Å². The van der Waals surface area contributed by atoms with Gasteiger partial charge in [-0.2, -0.15) is 0 Å². The van der Waals surface area contributed by atoms with Crippen molar-refractivity contribution in [2.24, 2.45) is 0 Å². The summed E-state index contributed by atoms with van der Waals surface area (Å²) in [6.07, 6.45) is 2.07. The van der Waals surface area contributed by atoms with Gasteiger partial charge < -0.3 is 10.2 Å². The number of hydrogen-bond acceptors (Lipinski definition) is 4. The van der Waals surface area contributed by atoms with Crippen molar-refractivity contribution in [3.05, 3.63) is 63.1 Å². The second-order valence-corrected chi connectivity index (χ2v) is 11.0. The lowest BCUT2D eigenvalue weighted by molar-refractivity contribution is -0.140. The van der Waals surface area contributed by atoms with Crippen LogP contribution in [0.15, 0.2) is 42.5 Å². The first-order valence-corrected chi connectivity index (χ1v) is 13.7. The number of amides is 2. The molecule has 0 aromatic heterocycles. The molecule has 186 valence electrons. The normalized spacial score (nSPS) is 12.2. The molecule has 0 heterocycles. The van der Waals surface area contributed by atoms with Crippen LogP contribution < -0.4 is 9.62 Å². The molecule has 0 fully saturated rings. The van der Waals surface area contributed by atoms with Crippen molar-refractivity contribution in [1.29, 1.82) is 0 Å². The second kappa shape index (κ2) is 12.6. The van der Waals surface area contributed by atoms with Gasteiger partial charge in [-0.05, 0) is 48.7 Å². The molecule has 7 nitrogen and oxygen atoms in total. The quantitative estimate of drug-likeness (QED) is 0.439. The van der Waals surface area contributed by atoms with Gasteiger partial charge in [0.1, 0.15) is 12.6 Å². The average Bonchev–Trinajstić information content (AvgIpc) is 2.75. The Morgan fingerprint density at radius 2 is 1.56 bits per heavy atom. The number of nitrogens with one attached hydrogen (secondary N) is 1. The van der Waals surface area contributed by atoms with Gasteiger partial charge in [-0.3, -0.25) is 13.9 Å². The van der Waals surface area contributed by atoms with Crippen molar-refractivity contribution in [2.45, 2.75) is 39.3 Å². The SMILES string of the molecule is CCCNC(=O)[C@@H](CC)N(Cc1ccc(Cl)cc1)C(=O)CN(c1cc(Cl)cc(Cl)c1)S(C)(=O)=O. The van der Waals surface area contributed by atoms with Crippen LogP contribution in [0.4, 0.5) is 5.69 Å². The summed E-state index contributed by atoms with van der Waals surface area (Å²) in [5.41, 5.74) is 0.902. The molecule has 0 saturated heterocycles. The minimum atomic E-state index is -3.87. The summed E-state index contributed by atoms with van der Waals surface area (Å²) >= 11 is 18.1. The summed E-state index contributed by atoms with van der Waals surface area (Å²) in [5, 5.41) is 3.82. The first kappa shape index (κ1) is 28.2. The van der Waals surface area contributed by atoms with Crippen LogP contribution in [0.5, 0.6) is 0 Å². The monoisotopic (exact) mass is 547 g/mol. The zero-order valence-electron chi connectivity index (χ0n) is 19.2. The van der Waals surface area contributed by atoms with Gasteiger partial charge in [-0.25, -0.2) is 8.42 Å². The average molecular weight is 549 g/mol. The Balaban J connectivity index is 2.44. The van der Waals surface area contributed by atoms with E-state index in [-0.39, 0.29) is 28.2 Å². The van der Waals surface area contributed by atoms with Crippen LogP contribution in [0.1, 0.15) is 32.3 Å². The van der Waals surface area contributed by atoms with Crippen molar-refractivity contribution in [3.8, 4) is 0 Å². The van der Waals surface area contributed by atoms with E-state index in [2.05, 4.69) is 5.32 Å². The highest BCUT2D eigenvalue weighted by atomic mass is 35.5. The number of benzene rings is 2. The molecule has 2 aromatic carbocycles. The molecule has 0 aliphatic heterocycles. The zero-order chi connectivity index (χ0) is 25.5. The minimum absolute atomic E-state index is 0.0992. The fraction of sp³-hybridized carbons (Fsp3) is 0.391. The number of rotatable bonds is 11. The van der Waals surface area contributed by atoms with Crippen molar-refractivity contribution < 1.29 is 18.0 Å². The van der Waals surface area contributed by atoms with E-state index in [9.17, 15) is 18.0 Å². The third kappa shape index (κ3) is 8.05. The Morgan fingerprint density at radius 3 is 2.06 bits per heavy atom. The molecule has 11 heteroatoms. The standard InChI is InChI=1S/C23H28Cl3N3O4S/c1-4-10-27-23(31)21(5-2)28(14-16-6-8-17(24)9-7-16)22(30)15-29(34(3,32)33)20-12-18(25)11-19(26)13-20/h6-9,11-13,21H,4-5,10,14-15H2,1-3H3,(H,27,31)/t21-/m1/s1. The van der Waals surface area contributed by atoms with Crippen molar-refractivity contribution in [2.75, 3.05) is 23.7 Å². The maximum absolute atomic E-state index is 13.5. The summed E-state index contributed by atoms with van der Waals surface area (Å²) in [7, 11) is -3.87. The fourth-order valence-corrected chi connectivity index (χ4v) is 4.84. The number of carbonyl (C=O) groups excluding carboxylic acids is 2. The highest BCUT2D eigenvalue weighted by Crippen LogP contribution is 2.27. The lowest BCUT2D eigenvalue weighted by Gasteiger charge is -2.33. The second-order valence-electron chi connectivity index (χ2n) is 7.76. The van der Waals surface area contributed by atoms with E-state index >= 15 is 0 Å². The minimum Gasteiger partial charge on any atom is -0.354 e. The Kier molecular flexibility index (Phi) is 10.5. The van der Waals surface area contributed by atoms with E-state index in [1.807, 2.05) is 6.92 Å². The highest BCUT2D eigenvalue weighted by Gasteiger charge is 2.31. The zero-order valence-corrected chi connectivity index (χ0v) is 22.3. The van der Waals surface area contributed by atoms with Crippen LogP contribution in [0.2, 0.25) is 15.1 Å². The van der Waals surface area contributed by atoms with Crippen molar-refractivity contribution in [3.63, 3.8) is 0 Å². The molecule has 2 aromatic rings. The predicted octanol–water partition coefficient (Wildman–Crippen LogP) is 4.75. The highest BCUT2D eigenvalue weighted by molar-refractivity contribution is 7.92. The lowest BCUT2D eigenvalue weighted by atomic mass is 10.1. The van der Waals surface area contributed by atoms with Crippen molar-refractivity contribution >= 4 is 62.3 Å². The number of halogens is 3. The van der Waals surface area contributed by atoms with E-state index in [1.54, 1.807) is 31.2 Å². The van der Waals surface area contributed by atoms with Crippen LogP contribution in [0.3, 0.4) is 0 Å². The molecule has 1 atom stereocenters. The molecule has 0 radical (unpaired) electrons. The summed E-state index contributed by atoms with van der Waals surface area (Å²) in [6.45, 7) is 3.76. The van der Waals surface area contributed by atoms with E-state index in [4.69, 9.17) is 34.8 Å². The van der Waals surface area contributed by atoms with Crippen LogP contribution in [0.25, 0.3) is 0 Å². The van der Waals surface area contributed by atoms with Gasteiger partial charge in [0.25, 0.3) is 0 Å². The molecule has 1 N–H and O–H groups in total. The van der Waals surface area contributed by atoms with Crippen LogP contribution >= 0.6 is 34.8 Å². The molecule has 0 bridgehead atoms. The first-order valence-electron chi connectivity index (χ1n) is 10.7. The molecule has 0 aliphatic carbocycles. The summed E-state index contributed by atoms with van der Waals surface area (Å²) in [5.74, 6) is -0.849. The Morgan fingerprint density at radius 1 is 0.971 bits per heavy atom. The first-order chi connectivity index (χ1) is 16.0. The third-order valence-corrected chi connectivity index (χ3v) is 6.84. The molecular weight excluding hydrogens is 521 g/mol. The van der Waals surface area contributed by atoms with Gasteiger partial charge in [-0.1, -0.05) is 60.8 Å². The topological polar surface area (TPSA) is 86.8 Å². The molecule has 0 spiro atoms. The van der Waals surface area contributed by atoms with Gasteiger partial charge in [0.2, 0.25) is 21.8 Å². The molecule has 2 rings (SSSR count). The maximum Gasteiger partial charge on any atom is 0.244 e. The fourth-order valence-electron chi connectivity index (χ4n) is 3.37. The van der Waals surface area contributed by atoms with Crippen LogP contribution in [-0.2, 0) is 26.2 Å². The van der Waals surface area contributed by atoms with Gasteiger partial charge in [-0.15, -0.1) is 0 Å². The lowest BCUT2D eigenvalue weighted by Crippen LogP contribution is -2.52. The van der Waals surface area contributed by atoms with Gasteiger partial charge in [0.15, 0.2) is 0 Å². The Hall–Kier alpha value is -2.00.